The number of aromatic nitrogens is 2. The van der Waals surface area contributed by atoms with Gasteiger partial charge in [-0.05, 0) is 67.3 Å². The van der Waals surface area contributed by atoms with Crippen molar-refractivity contribution in [1.82, 2.24) is 9.55 Å². The van der Waals surface area contributed by atoms with Crippen LogP contribution in [0.5, 0.6) is 0 Å². The summed E-state index contributed by atoms with van der Waals surface area (Å²) < 4.78 is 1.68. The summed E-state index contributed by atoms with van der Waals surface area (Å²) in [5.74, 6) is 0.626. The van der Waals surface area contributed by atoms with Gasteiger partial charge in [0.25, 0.3) is 5.56 Å². The van der Waals surface area contributed by atoms with Crippen LogP contribution in [0.15, 0.2) is 64.5 Å². The van der Waals surface area contributed by atoms with Crippen LogP contribution in [0.25, 0.3) is 15.9 Å². The van der Waals surface area contributed by atoms with Crippen LogP contribution >= 0.6 is 23.1 Å². The number of carbonyl (C=O) groups excluding carboxylic acids is 1. The molecule has 186 valence electrons. The van der Waals surface area contributed by atoms with Crippen molar-refractivity contribution in [1.29, 1.82) is 0 Å². The maximum Gasteiger partial charge on any atom is 0.267 e. The van der Waals surface area contributed by atoms with Crippen molar-refractivity contribution >= 4 is 44.9 Å². The lowest BCUT2D eigenvalue weighted by Crippen LogP contribution is -2.27. The van der Waals surface area contributed by atoms with Crippen LogP contribution < -0.4 is 10.9 Å². The number of carbonyl (C=O) groups is 1. The Balaban J connectivity index is 1.50. The van der Waals surface area contributed by atoms with Gasteiger partial charge in [0.15, 0.2) is 5.16 Å². The van der Waals surface area contributed by atoms with Gasteiger partial charge in [0.1, 0.15) is 4.83 Å². The number of rotatable bonds is 5. The number of thiophene rings is 1. The number of hydrogen-bond acceptors (Lipinski definition) is 5. The molecule has 0 spiro atoms. The highest BCUT2D eigenvalue weighted by Crippen LogP contribution is 2.42. The Labute approximate surface area is 220 Å². The maximum absolute atomic E-state index is 13.9. The van der Waals surface area contributed by atoms with Crippen LogP contribution in [-0.2, 0) is 17.6 Å². The molecule has 7 heteroatoms. The van der Waals surface area contributed by atoms with Gasteiger partial charge in [-0.3, -0.25) is 14.2 Å². The van der Waals surface area contributed by atoms with Crippen LogP contribution in [-0.4, -0.2) is 21.2 Å². The number of nitrogens with zero attached hydrogens (tertiary/aromatic N) is 2. The van der Waals surface area contributed by atoms with Gasteiger partial charge in [0.05, 0.1) is 16.8 Å². The number of benzene rings is 2. The predicted molar refractivity (Wildman–Crippen MR) is 151 cm³/mol. The third-order valence-electron chi connectivity index (χ3n) is 6.96. The Bertz CT molecular complexity index is 1470. The molecular formula is C29H31N3O2S2. The van der Waals surface area contributed by atoms with E-state index < -0.39 is 0 Å². The van der Waals surface area contributed by atoms with Crippen LogP contribution in [0.4, 0.5) is 5.69 Å². The molecule has 0 bridgehead atoms. The zero-order valence-corrected chi connectivity index (χ0v) is 22.8. The zero-order chi connectivity index (χ0) is 25.4. The summed E-state index contributed by atoms with van der Waals surface area (Å²) in [7, 11) is 0. The summed E-state index contributed by atoms with van der Waals surface area (Å²) in [5.41, 5.74) is 4.03. The van der Waals surface area contributed by atoms with E-state index >= 15 is 0 Å². The van der Waals surface area contributed by atoms with Gasteiger partial charge in [0, 0.05) is 10.6 Å². The smallest absolute Gasteiger partial charge is 0.267 e. The monoisotopic (exact) mass is 517 g/mol. The fourth-order valence-corrected chi connectivity index (χ4v) is 6.96. The number of para-hydroxylation sites is 1. The fourth-order valence-electron chi connectivity index (χ4n) is 4.81. The number of aryl methyl sites for hydroxylation is 2. The van der Waals surface area contributed by atoms with Crippen LogP contribution in [0.1, 0.15) is 43.2 Å². The molecule has 0 fully saturated rings. The first-order chi connectivity index (χ1) is 17.2. The molecule has 5 rings (SSSR count). The Hall–Kier alpha value is -2.90. The zero-order valence-electron chi connectivity index (χ0n) is 21.1. The molecule has 0 aliphatic heterocycles. The van der Waals surface area contributed by atoms with Crippen molar-refractivity contribution in [3.05, 3.63) is 81.0 Å². The molecule has 2 heterocycles. The number of hydrogen-bond donors (Lipinski definition) is 1. The number of thioether (sulfide) groups is 1. The predicted octanol–water partition coefficient (Wildman–Crippen LogP) is 6.64. The highest BCUT2D eigenvalue weighted by atomic mass is 32.2. The lowest BCUT2D eigenvalue weighted by molar-refractivity contribution is -0.113. The molecule has 0 saturated carbocycles. The molecule has 1 aliphatic rings. The minimum Gasteiger partial charge on any atom is -0.325 e. The second-order valence-electron chi connectivity index (χ2n) is 10.6. The molecule has 1 aliphatic carbocycles. The van der Waals surface area contributed by atoms with E-state index in [2.05, 4.69) is 26.1 Å². The molecule has 2 aromatic heterocycles. The van der Waals surface area contributed by atoms with Gasteiger partial charge >= 0.3 is 0 Å². The van der Waals surface area contributed by atoms with Gasteiger partial charge in [0.2, 0.25) is 5.91 Å². The summed E-state index contributed by atoms with van der Waals surface area (Å²) in [6.07, 6.45) is 2.99. The van der Waals surface area contributed by atoms with E-state index in [9.17, 15) is 9.59 Å². The second-order valence-corrected chi connectivity index (χ2v) is 12.6. The van der Waals surface area contributed by atoms with E-state index in [0.29, 0.717) is 11.1 Å². The summed E-state index contributed by atoms with van der Waals surface area (Å²) in [5, 5.41) is 4.23. The van der Waals surface area contributed by atoms with Crippen LogP contribution in [0.3, 0.4) is 0 Å². The van der Waals surface area contributed by atoms with E-state index in [-0.39, 0.29) is 22.6 Å². The average Bonchev–Trinajstić information content (AvgIpc) is 3.22. The van der Waals surface area contributed by atoms with Crippen LogP contribution in [0.2, 0.25) is 0 Å². The molecule has 1 unspecified atom stereocenters. The standard InChI is InChI=1S/C29H31N3O2S2/c1-18-10-13-20(14-11-18)30-24(33)17-35-28-31-26-25(27(34)32(28)21-8-6-5-7-9-21)22-15-12-19(29(2,3)4)16-23(22)36-26/h5-11,13-14,19H,12,15-17H2,1-4H3,(H,30,33). The van der Waals surface area contributed by atoms with Crippen molar-refractivity contribution in [2.24, 2.45) is 11.3 Å². The molecule has 4 aromatic rings. The van der Waals surface area contributed by atoms with Gasteiger partial charge < -0.3 is 5.32 Å². The quantitative estimate of drug-likeness (QED) is 0.238. The Morgan fingerprint density at radius 3 is 2.56 bits per heavy atom. The molecule has 1 atom stereocenters. The largest absolute Gasteiger partial charge is 0.325 e. The molecule has 36 heavy (non-hydrogen) atoms. The Kier molecular flexibility index (Phi) is 6.79. The number of fused-ring (bicyclic) bond motifs is 3. The first-order valence-electron chi connectivity index (χ1n) is 12.3. The maximum atomic E-state index is 13.9. The van der Waals surface area contributed by atoms with Crippen molar-refractivity contribution in [3.8, 4) is 5.69 Å². The van der Waals surface area contributed by atoms with E-state index in [0.717, 1.165) is 46.4 Å². The van der Waals surface area contributed by atoms with E-state index in [1.807, 2.05) is 61.5 Å². The van der Waals surface area contributed by atoms with Crippen molar-refractivity contribution in [2.75, 3.05) is 11.1 Å². The topological polar surface area (TPSA) is 64.0 Å². The van der Waals surface area contributed by atoms with Crippen LogP contribution in [0, 0.1) is 18.3 Å². The molecule has 2 aromatic carbocycles. The molecule has 5 nitrogen and oxygen atoms in total. The van der Waals surface area contributed by atoms with Crippen molar-refractivity contribution < 1.29 is 4.79 Å². The van der Waals surface area contributed by atoms with Gasteiger partial charge in [-0.15, -0.1) is 11.3 Å². The summed E-state index contributed by atoms with van der Waals surface area (Å²) >= 11 is 2.95. The number of nitrogens with one attached hydrogen (secondary N) is 1. The normalized spacial score (nSPS) is 15.6. The van der Waals surface area contributed by atoms with Gasteiger partial charge in [-0.25, -0.2) is 4.98 Å². The molecule has 1 N–H and O–H groups in total. The summed E-state index contributed by atoms with van der Waals surface area (Å²) in [6.45, 7) is 8.91. The Morgan fingerprint density at radius 2 is 1.86 bits per heavy atom. The lowest BCUT2D eigenvalue weighted by Gasteiger charge is -2.33. The number of anilines is 1. The lowest BCUT2D eigenvalue weighted by atomic mass is 9.72. The van der Waals surface area contributed by atoms with Gasteiger partial charge in [-0.1, -0.05) is 68.4 Å². The highest BCUT2D eigenvalue weighted by molar-refractivity contribution is 7.99. The minimum absolute atomic E-state index is 0.0423. The van der Waals surface area contributed by atoms with Gasteiger partial charge in [-0.2, -0.15) is 0 Å². The fraction of sp³-hybridized carbons (Fsp3) is 0.345. The molecule has 0 saturated heterocycles. The van der Waals surface area contributed by atoms with E-state index in [4.69, 9.17) is 4.98 Å². The first-order valence-corrected chi connectivity index (χ1v) is 14.1. The number of amides is 1. The third-order valence-corrected chi connectivity index (χ3v) is 9.05. The van der Waals surface area contributed by atoms with Crippen molar-refractivity contribution in [3.63, 3.8) is 0 Å². The Morgan fingerprint density at radius 1 is 1.14 bits per heavy atom. The molecular weight excluding hydrogens is 486 g/mol. The summed E-state index contributed by atoms with van der Waals surface area (Å²) in [4.78, 5) is 33.7. The second kappa shape index (κ2) is 9.87. The average molecular weight is 518 g/mol. The third kappa shape index (κ3) is 5.00. The SMILES string of the molecule is Cc1ccc(NC(=O)CSc2nc3sc4c(c3c(=O)n2-c2ccccc2)CCC(C(C)(C)C)C4)cc1. The highest BCUT2D eigenvalue weighted by Gasteiger charge is 2.32. The molecule has 1 amide bonds. The summed E-state index contributed by atoms with van der Waals surface area (Å²) in [6, 6.07) is 17.3. The van der Waals surface area contributed by atoms with E-state index in [1.54, 1.807) is 15.9 Å². The van der Waals surface area contributed by atoms with E-state index in [1.165, 1.54) is 22.2 Å². The van der Waals surface area contributed by atoms with Crippen molar-refractivity contribution in [2.45, 2.75) is 52.1 Å². The first kappa shape index (κ1) is 24.8. The molecule has 0 radical (unpaired) electrons. The minimum atomic E-state index is -0.128.